The molecule has 92 valence electrons. The number of benzene rings is 1. The number of aryl methyl sites for hydroxylation is 1. The van der Waals surface area contributed by atoms with E-state index < -0.39 is 5.97 Å². The molecular weight excluding hydrogens is 230 g/mol. The fraction of sp³-hybridized carbons (Fsp3) is 0.143. The van der Waals surface area contributed by atoms with E-state index >= 15 is 0 Å². The Bertz CT molecular complexity index is 611. The van der Waals surface area contributed by atoms with E-state index in [4.69, 9.17) is 5.11 Å². The number of carbonyl (C=O) groups is 2. The predicted octanol–water partition coefficient (Wildman–Crippen LogP) is 2.26. The molecule has 0 bridgehead atoms. The molecule has 0 atom stereocenters. The number of carboxylic acids is 1. The largest absolute Gasteiger partial charge is 0.477 e. The summed E-state index contributed by atoms with van der Waals surface area (Å²) in [7, 11) is 1.62. The van der Waals surface area contributed by atoms with Crippen LogP contribution in [0.25, 0.3) is 0 Å². The molecule has 1 aromatic heterocycles. The second kappa shape index (κ2) is 4.49. The maximum absolute atomic E-state index is 12.2. The number of aromatic nitrogens is 1. The Balaban J connectivity index is 2.51. The number of rotatable bonds is 3. The fourth-order valence-electron chi connectivity index (χ4n) is 2.03. The Kier molecular flexibility index (Phi) is 3.02. The van der Waals surface area contributed by atoms with Gasteiger partial charge in [0.1, 0.15) is 5.69 Å². The summed E-state index contributed by atoms with van der Waals surface area (Å²) in [5.74, 6) is -1.18. The van der Waals surface area contributed by atoms with Crippen molar-refractivity contribution in [1.82, 2.24) is 4.57 Å². The van der Waals surface area contributed by atoms with Gasteiger partial charge in [-0.1, -0.05) is 30.3 Å². The van der Waals surface area contributed by atoms with Gasteiger partial charge in [-0.25, -0.2) is 4.79 Å². The van der Waals surface area contributed by atoms with E-state index in [0.717, 1.165) is 0 Å². The summed E-state index contributed by atoms with van der Waals surface area (Å²) in [5, 5.41) is 9.08. The van der Waals surface area contributed by atoms with Crippen molar-refractivity contribution in [3.8, 4) is 0 Å². The van der Waals surface area contributed by atoms with Gasteiger partial charge < -0.3 is 9.67 Å². The van der Waals surface area contributed by atoms with Gasteiger partial charge in [0, 0.05) is 24.4 Å². The molecular formula is C14H13NO3. The van der Waals surface area contributed by atoms with Crippen LogP contribution >= 0.6 is 0 Å². The van der Waals surface area contributed by atoms with Crippen molar-refractivity contribution in [3.63, 3.8) is 0 Å². The lowest BCUT2D eigenvalue weighted by atomic mass is 10.0. The van der Waals surface area contributed by atoms with Crippen LogP contribution in [-0.2, 0) is 7.05 Å². The van der Waals surface area contributed by atoms with Gasteiger partial charge in [-0.3, -0.25) is 4.79 Å². The van der Waals surface area contributed by atoms with Crippen LogP contribution in [0.15, 0.2) is 36.5 Å². The monoisotopic (exact) mass is 243 g/mol. The molecule has 2 aromatic rings. The minimum atomic E-state index is -1.03. The highest BCUT2D eigenvalue weighted by Crippen LogP contribution is 2.19. The van der Waals surface area contributed by atoms with Crippen molar-refractivity contribution < 1.29 is 14.7 Å². The molecule has 4 heteroatoms. The number of hydrogen-bond donors (Lipinski definition) is 1. The zero-order chi connectivity index (χ0) is 13.3. The summed E-state index contributed by atoms with van der Waals surface area (Å²) < 4.78 is 1.47. The second-order valence-electron chi connectivity index (χ2n) is 4.13. The molecule has 2 rings (SSSR count). The van der Waals surface area contributed by atoms with Crippen LogP contribution in [-0.4, -0.2) is 21.4 Å². The molecule has 0 saturated heterocycles. The van der Waals surface area contributed by atoms with Crippen molar-refractivity contribution in [1.29, 1.82) is 0 Å². The first-order chi connectivity index (χ1) is 8.52. The Hall–Kier alpha value is -2.36. The van der Waals surface area contributed by atoms with E-state index in [9.17, 15) is 9.59 Å². The van der Waals surface area contributed by atoms with E-state index in [1.165, 1.54) is 4.57 Å². The first kappa shape index (κ1) is 12.1. The maximum Gasteiger partial charge on any atom is 0.352 e. The van der Waals surface area contributed by atoms with Crippen LogP contribution in [0.2, 0.25) is 0 Å². The van der Waals surface area contributed by atoms with E-state index in [1.807, 2.05) is 6.07 Å². The van der Waals surface area contributed by atoms with Crippen LogP contribution in [0, 0.1) is 6.92 Å². The molecule has 0 saturated carbocycles. The Morgan fingerprint density at radius 1 is 1.17 bits per heavy atom. The van der Waals surface area contributed by atoms with Gasteiger partial charge >= 0.3 is 5.97 Å². The summed E-state index contributed by atoms with van der Waals surface area (Å²) in [6, 6.07) is 8.83. The fourth-order valence-corrected chi connectivity index (χ4v) is 2.03. The lowest BCUT2D eigenvalue weighted by Crippen LogP contribution is -2.06. The third-order valence-electron chi connectivity index (χ3n) is 2.92. The predicted molar refractivity (Wildman–Crippen MR) is 67.0 cm³/mol. The SMILES string of the molecule is Cc1c(C(=O)c2ccccc2)cn(C)c1C(=O)O. The van der Waals surface area contributed by atoms with Crippen LogP contribution in [0.4, 0.5) is 0 Å². The van der Waals surface area contributed by atoms with Crippen molar-refractivity contribution in [2.75, 3.05) is 0 Å². The molecule has 0 aliphatic heterocycles. The molecule has 0 spiro atoms. The number of carbonyl (C=O) groups excluding carboxylic acids is 1. The zero-order valence-electron chi connectivity index (χ0n) is 10.2. The maximum atomic E-state index is 12.2. The number of aromatic carboxylic acids is 1. The van der Waals surface area contributed by atoms with E-state index in [1.54, 1.807) is 44.4 Å². The molecule has 0 amide bonds. The van der Waals surface area contributed by atoms with Gasteiger partial charge in [-0.15, -0.1) is 0 Å². The highest BCUT2D eigenvalue weighted by atomic mass is 16.4. The molecule has 1 N–H and O–H groups in total. The smallest absolute Gasteiger partial charge is 0.352 e. The van der Waals surface area contributed by atoms with Crippen LogP contribution in [0.1, 0.15) is 32.0 Å². The number of ketones is 1. The van der Waals surface area contributed by atoms with Gasteiger partial charge in [0.15, 0.2) is 5.78 Å². The summed E-state index contributed by atoms with van der Waals surface area (Å²) in [6.07, 6.45) is 1.56. The van der Waals surface area contributed by atoms with Crippen LogP contribution in [0.3, 0.4) is 0 Å². The van der Waals surface area contributed by atoms with Gasteiger partial charge in [0.25, 0.3) is 0 Å². The third kappa shape index (κ3) is 1.93. The molecule has 1 heterocycles. The summed E-state index contributed by atoms with van der Waals surface area (Å²) >= 11 is 0. The van der Waals surface area contributed by atoms with Crippen LogP contribution < -0.4 is 0 Å². The standard InChI is InChI=1S/C14H13NO3/c1-9-11(8-15(2)12(9)14(17)18)13(16)10-6-4-3-5-7-10/h3-8H,1-2H3,(H,17,18). The van der Waals surface area contributed by atoms with E-state index in [-0.39, 0.29) is 11.5 Å². The van der Waals surface area contributed by atoms with Gasteiger partial charge in [0.2, 0.25) is 0 Å². The normalized spacial score (nSPS) is 10.3. The van der Waals surface area contributed by atoms with Gasteiger partial charge in [-0.05, 0) is 12.5 Å². The molecule has 18 heavy (non-hydrogen) atoms. The van der Waals surface area contributed by atoms with E-state index in [0.29, 0.717) is 16.7 Å². The first-order valence-corrected chi connectivity index (χ1v) is 5.51. The van der Waals surface area contributed by atoms with Gasteiger partial charge in [-0.2, -0.15) is 0 Å². The van der Waals surface area contributed by atoms with E-state index in [2.05, 4.69) is 0 Å². The summed E-state index contributed by atoms with van der Waals surface area (Å²) in [6.45, 7) is 1.65. The number of carboxylic acid groups (broad SMARTS) is 1. The summed E-state index contributed by atoms with van der Waals surface area (Å²) in [4.78, 5) is 23.3. The Morgan fingerprint density at radius 2 is 1.78 bits per heavy atom. The second-order valence-corrected chi connectivity index (χ2v) is 4.13. The lowest BCUT2D eigenvalue weighted by molar-refractivity contribution is 0.0685. The minimum Gasteiger partial charge on any atom is -0.477 e. The van der Waals surface area contributed by atoms with Crippen molar-refractivity contribution >= 4 is 11.8 Å². The number of hydrogen-bond acceptors (Lipinski definition) is 2. The Labute approximate surface area is 104 Å². The average Bonchev–Trinajstić information content (AvgIpc) is 2.65. The summed E-state index contributed by atoms with van der Waals surface area (Å²) in [5.41, 5.74) is 1.64. The topological polar surface area (TPSA) is 59.3 Å². The lowest BCUT2D eigenvalue weighted by Gasteiger charge is -2.00. The molecule has 0 aliphatic carbocycles. The zero-order valence-corrected chi connectivity index (χ0v) is 10.2. The van der Waals surface area contributed by atoms with Crippen LogP contribution in [0.5, 0.6) is 0 Å². The highest BCUT2D eigenvalue weighted by Gasteiger charge is 2.21. The third-order valence-corrected chi connectivity index (χ3v) is 2.92. The van der Waals surface area contributed by atoms with Crippen molar-refractivity contribution in [2.24, 2.45) is 7.05 Å². The van der Waals surface area contributed by atoms with Gasteiger partial charge in [0.05, 0.1) is 0 Å². The molecule has 0 unspecified atom stereocenters. The van der Waals surface area contributed by atoms with Crippen molar-refractivity contribution in [2.45, 2.75) is 6.92 Å². The van der Waals surface area contributed by atoms with Crippen molar-refractivity contribution in [3.05, 3.63) is 58.9 Å². The first-order valence-electron chi connectivity index (χ1n) is 5.51. The Morgan fingerprint density at radius 3 is 2.28 bits per heavy atom. The quantitative estimate of drug-likeness (QED) is 0.841. The molecule has 1 aromatic carbocycles. The minimum absolute atomic E-state index is 0.147. The molecule has 0 radical (unpaired) electrons. The molecule has 0 fully saturated rings. The highest BCUT2D eigenvalue weighted by molar-refractivity contribution is 6.11. The number of nitrogens with zero attached hydrogens (tertiary/aromatic N) is 1. The average molecular weight is 243 g/mol. The molecule has 4 nitrogen and oxygen atoms in total. The molecule has 0 aliphatic rings.